The van der Waals surface area contributed by atoms with Crippen LogP contribution in [0.4, 0.5) is 8.78 Å². The van der Waals surface area contributed by atoms with Crippen LogP contribution >= 0.6 is 0 Å². The van der Waals surface area contributed by atoms with E-state index in [1.165, 1.54) is 12.3 Å². The highest BCUT2D eigenvalue weighted by Gasteiger charge is 2.48. The zero-order chi connectivity index (χ0) is 23.4. The summed E-state index contributed by atoms with van der Waals surface area (Å²) in [6, 6.07) is 4.21. The number of hydrogen-bond acceptors (Lipinski definition) is 6. The van der Waals surface area contributed by atoms with Crippen molar-refractivity contribution in [2.45, 2.75) is 37.9 Å². The highest BCUT2D eigenvalue weighted by Crippen LogP contribution is 2.46. The van der Waals surface area contributed by atoms with E-state index in [1.807, 2.05) is 0 Å². The number of amidine groups is 1. The third kappa shape index (κ3) is 3.40. The van der Waals surface area contributed by atoms with Crippen molar-refractivity contribution in [3.63, 3.8) is 0 Å². The first-order valence-electron chi connectivity index (χ1n) is 11.4. The number of aromatic amines is 1. The molecule has 1 aliphatic heterocycles. The van der Waals surface area contributed by atoms with Gasteiger partial charge in [0.05, 0.1) is 18.4 Å². The molecule has 10 heteroatoms. The molecular formula is C24H23F2N5O3. The van der Waals surface area contributed by atoms with E-state index in [9.17, 15) is 14.3 Å². The van der Waals surface area contributed by atoms with Gasteiger partial charge in [-0.05, 0) is 55.7 Å². The van der Waals surface area contributed by atoms with Crippen molar-refractivity contribution < 1.29 is 23.1 Å². The van der Waals surface area contributed by atoms with E-state index in [4.69, 9.17) is 4.42 Å². The van der Waals surface area contributed by atoms with Gasteiger partial charge >= 0.3 is 5.97 Å². The van der Waals surface area contributed by atoms with E-state index < -0.39 is 35.7 Å². The smallest absolute Gasteiger partial charge is 0.308 e. The van der Waals surface area contributed by atoms with Crippen molar-refractivity contribution in [2.75, 3.05) is 0 Å². The number of nitrogens with zero attached hydrogens (tertiary/aromatic N) is 2. The summed E-state index contributed by atoms with van der Waals surface area (Å²) >= 11 is 0. The van der Waals surface area contributed by atoms with Gasteiger partial charge < -0.3 is 19.8 Å². The Hall–Kier alpha value is -3.53. The number of carboxylic acid groups (broad SMARTS) is 1. The van der Waals surface area contributed by atoms with Gasteiger partial charge in [-0.3, -0.25) is 10.1 Å². The second-order valence-corrected chi connectivity index (χ2v) is 9.19. The average Bonchev–Trinajstić information content (AvgIpc) is 3.51. The molecule has 4 heterocycles. The predicted octanol–water partition coefficient (Wildman–Crippen LogP) is 3.79. The van der Waals surface area contributed by atoms with Gasteiger partial charge in [0.25, 0.3) is 0 Å². The van der Waals surface area contributed by atoms with E-state index in [2.05, 4.69) is 25.6 Å². The summed E-state index contributed by atoms with van der Waals surface area (Å²) in [4.78, 5) is 23.7. The van der Waals surface area contributed by atoms with Gasteiger partial charge in [0.2, 0.25) is 0 Å². The maximum absolute atomic E-state index is 15.8. The fourth-order valence-corrected chi connectivity index (χ4v) is 5.78. The number of furan rings is 1. The Morgan fingerprint density at radius 2 is 2.00 bits per heavy atom. The van der Waals surface area contributed by atoms with Crippen molar-refractivity contribution >= 4 is 28.5 Å². The molecule has 8 nitrogen and oxygen atoms in total. The number of halogens is 2. The van der Waals surface area contributed by atoms with Crippen LogP contribution in [0.15, 0.2) is 52.1 Å². The third-order valence-electron chi connectivity index (χ3n) is 7.36. The minimum atomic E-state index is -1.12. The Balaban J connectivity index is 1.42. The van der Waals surface area contributed by atoms with E-state index in [0.29, 0.717) is 22.4 Å². The van der Waals surface area contributed by atoms with Gasteiger partial charge in [0.1, 0.15) is 23.0 Å². The van der Waals surface area contributed by atoms with Crippen LogP contribution in [0.2, 0.25) is 0 Å². The van der Waals surface area contributed by atoms with Gasteiger partial charge in [0.15, 0.2) is 17.8 Å². The Morgan fingerprint density at radius 1 is 1.21 bits per heavy atom. The monoisotopic (exact) mass is 467 g/mol. The molecule has 0 amide bonds. The van der Waals surface area contributed by atoms with E-state index in [-0.39, 0.29) is 23.3 Å². The molecule has 4 aliphatic rings. The van der Waals surface area contributed by atoms with Gasteiger partial charge in [-0.2, -0.15) is 0 Å². The zero-order valence-electron chi connectivity index (χ0n) is 18.1. The predicted molar refractivity (Wildman–Crippen MR) is 120 cm³/mol. The Labute approximate surface area is 193 Å². The molecule has 3 unspecified atom stereocenters. The molecule has 4 N–H and O–H groups in total. The number of fused-ring (bicyclic) bond motifs is 4. The first-order chi connectivity index (χ1) is 16.5. The molecule has 3 aromatic rings. The van der Waals surface area contributed by atoms with Crippen LogP contribution in [0.1, 0.15) is 37.0 Å². The Morgan fingerprint density at radius 3 is 2.74 bits per heavy atom. The summed E-state index contributed by atoms with van der Waals surface area (Å²) in [5.41, 5.74) is 1.08. The van der Waals surface area contributed by atoms with Crippen molar-refractivity contribution in [1.29, 1.82) is 0 Å². The van der Waals surface area contributed by atoms with Crippen LogP contribution in [-0.4, -0.2) is 39.1 Å². The van der Waals surface area contributed by atoms with Crippen LogP contribution in [0.25, 0.3) is 16.7 Å². The standard InChI is InChI=1S/C24H23F2N5O3/c25-13-8-14-15(10-28-21(14)27-9-13)22-30-20(16-2-1-7-34-16)18(26)23(31-22)29-19-12-5-3-11(4-6-12)17(19)24(32)33/h1-2,7-12,17,19,23,29H,3-6H2,(H,27,28)(H,30,31)(H,32,33). The number of H-pyrrole nitrogens is 1. The lowest BCUT2D eigenvalue weighted by Crippen LogP contribution is -2.57. The van der Waals surface area contributed by atoms with E-state index in [0.717, 1.165) is 31.9 Å². The molecule has 0 radical (unpaired) electrons. The summed E-state index contributed by atoms with van der Waals surface area (Å²) in [5, 5.41) is 16.6. The SMILES string of the molecule is O=C(O)C1C2CCC(CC2)C1NC1N=C(c2c[nH]c3ncc(F)cc23)NC(c2ccco2)=C1F. The molecule has 3 atom stereocenters. The largest absolute Gasteiger partial charge is 0.481 e. The maximum Gasteiger partial charge on any atom is 0.308 e. The highest BCUT2D eigenvalue weighted by atomic mass is 19.1. The summed E-state index contributed by atoms with van der Waals surface area (Å²) in [6.45, 7) is 0. The number of carboxylic acids is 1. The van der Waals surface area contributed by atoms with E-state index in [1.54, 1.807) is 18.3 Å². The summed E-state index contributed by atoms with van der Waals surface area (Å²) < 4.78 is 35.1. The molecule has 0 spiro atoms. The van der Waals surface area contributed by atoms with Crippen LogP contribution in [0, 0.1) is 23.6 Å². The fraction of sp³-hybridized carbons (Fsp3) is 0.375. The molecule has 0 saturated heterocycles. The average molecular weight is 467 g/mol. The quantitative estimate of drug-likeness (QED) is 0.454. The molecular weight excluding hydrogens is 444 g/mol. The number of aliphatic carboxylic acids is 1. The second-order valence-electron chi connectivity index (χ2n) is 9.19. The Kier molecular flexibility index (Phi) is 4.98. The molecule has 0 aromatic carbocycles. The lowest BCUT2D eigenvalue weighted by atomic mass is 9.61. The first kappa shape index (κ1) is 21.0. The number of carbonyl (C=O) groups is 1. The zero-order valence-corrected chi connectivity index (χ0v) is 18.1. The molecule has 176 valence electrons. The topological polar surface area (TPSA) is 116 Å². The molecule has 3 aliphatic carbocycles. The molecule has 3 fully saturated rings. The maximum atomic E-state index is 15.8. The summed E-state index contributed by atoms with van der Waals surface area (Å²) in [6.07, 6.45) is 6.65. The molecule has 34 heavy (non-hydrogen) atoms. The molecule has 3 aromatic heterocycles. The summed E-state index contributed by atoms with van der Waals surface area (Å²) in [7, 11) is 0. The van der Waals surface area contributed by atoms with Crippen molar-refractivity contribution in [3.05, 3.63) is 59.8 Å². The second kappa shape index (κ2) is 8.05. The number of rotatable bonds is 5. The first-order valence-corrected chi connectivity index (χ1v) is 11.4. The van der Waals surface area contributed by atoms with Gasteiger partial charge in [-0.15, -0.1) is 0 Å². The number of nitrogens with one attached hydrogen (secondary N) is 3. The minimum Gasteiger partial charge on any atom is -0.481 e. The van der Waals surface area contributed by atoms with Crippen LogP contribution in [0.3, 0.4) is 0 Å². The highest BCUT2D eigenvalue weighted by molar-refractivity contribution is 6.12. The van der Waals surface area contributed by atoms with Gasteiger partial charge in [-0.1, -0.05) is 0 Å². The lowest BCUT2D eigenvalue weighted by Gasteiger charge is -2.48. The molecule has 2 bridgehead atoms. The number of hydrogen-bond donors (Lipinski definition) is 4. The number of aromatic nitrogens is 2. The van der Waals surface area contributed by atoms with Crippen molar-refractivity contribution in [1.82, 2.24) is 20.6 Å². The van der Waals surface area contributed by atoms with Crippen LogP contribution < -0.4 is 10.6 Å². The Bertz CT molecular complexity index is 1310. The van der Waals surface area contributed by atoms with Gasteiger partial charge in [0, 0.05) is 23.2 Å². The van der Waals surface area contributed by atoms with E-state index >= 15 is 4.39 Å². The fourth-order valence-electron chi connectivity index (χ4n) is 5.78. The number of aliphatic imine (C=N–C) groups is 1. The lowest BCUT2D eigenvalue weighted by molar-refractivity contribution is -0.149. The normalized spacial score (nSPS) is 28.8. The van der Waals surface area contributed by atoms with Crippen molar-refractivity contribution in [3.8, 4) is 0 Å². The molecule has 7 rings (SSSR count). The summed E-state index contributed by atoms with van der Waals surface area (Å²) in [5.74, 6) is -1.75. The van der Waals surface area contributed by atoms with Crippen LogP contribution in [0.5, 0.6) is 0 Å². The molecule has 3 saturated carbocycles. The van der Waals surface area contributed by atoms with Crippen LogP contribution in [-0.2, 0) is 4.79 Å². The van der Waals surface area contributed by atoms with Gasteiger partial charge in [-0.25, -0.2) is 18.8 Å². The van der Waals surface area contributed by atoms with Crippen molar-refractivity contribution in [2.24, 2.45) is 22.7 Å². The number of pyridine rings is 1. The minimum absolute atomic E-state index is 0.0735. The third-order valence-corrected chi connectivity index (χ3v) is 7.36.